The molecule has 0 atom stereocenters. The maximum absolute atomic E-state index is 13.3. The van der Waals surface area contributed by atoms with E-state index in [9.17, 15) is 4.39 Å². The molecule has 20 heavy (non-hydrogen) atoms. The molecule has 0 saturated heterocycles. The van der Waals surface area contributed by atoms with E-state index in [0.717, 1.165) is 18.7 Å². The molecular weight excluding hydrogens is 253 g/mol. The summed E-state index contributed by atoms with van der Waals surface area (Å²) in [6.07, 6.45) is 2.51. The van der Waals surface area contributed by atoms with Gasteiger partial charge in [0, 0.05) is 24.7 Å². The first-order chi connectivity index (χ1) is 9.60. The Kier molecular flexibility index (Phi) is 5.17. The Morgan fingerprint density at radius 1 is 1.40 bits per heavy atom. The Bertz CT molecular complexity index is 511. The quantitative estimate of drug-likeness (QED) is 0.835. The molecule has 0 radical (unpaired) electrons. The van der Waals surface area contributed by atoms with Gasteiger partial charge in [-0.1, -0.05) is 31.8 Å². The van der Waals surface area contributed by atoms with Crippen molar-refractivity contribution in [3.8, 4) is 11.8 Å². The van der Waals surface area contributed by atoms with E-state index >= 15 is 0 Å². The van der Waals surface area contributed by atoms with E-state index in [2.05, 4.69) is 30.6 Å². The maximum Gasteiger partial charge on any atom is 0.124 e. The van der Waals surface area contributed by atoms with E-state index in [1.807, 2.05) is 6.07 Å². The number of aliphatic hydroxyl groups is 1. The van der Waals surface area contributed by atoms with Crippen LogP contribution in [-0.2, 0) is 6.54 Å². The van der Waals surface area contributed by atoms with Gasteiger partial charge in [0.1, 0.15) is 12.4 Å². The van der Waals surface area contributed by atoms with Crippen molar-refractivity contribution in [1.82, 2.24) is 4.90 Å². The predicted molar refractivity (Wildman–Crippen MR) is 78.6 cm³/mol. The second-order valence-corrected chi connectivity index (χ2v) is 5.82. The molecule has 2 nitrogen and oxygen atoms in total. The first kappa shape index (κ1) is 15.0. The van der Waals surface area contributed by atoms with Gasteiger partial charge in [-0.3, -0.25) is 4.90 Å². The van der Waals surface area contributed by atoms with E-state index in [1.54, 1.807) is 0 Å². The fourth-order valence-electron chi connectivity index (χ4n) is 2.41. The molecule has 0 aromatic heterocycles. The minimum atomic E-state index is -0.280. The van der Waals surface area contributed by atoms with Gasteiger partial charge in [-0.15, -0.1) is 0 Å². The van der Waals surface area contributed by atoms with Crippen LogP contribution in [0.3, 0.4) is 0 Å². The minimum Gasteiger partial charge on any atom is -0.384 e. The van der Waals surface area contributed by atoms with Gasteiger partial charge in [-0.25, -0.2) is 4.39 Å². The van der Waals surface area contributed by atoms with Crippen LogP contribution in [0, 0.1) is 23.6 Å². The lowest BCUT2D eigenvalue weighted by atomic mass is 10.1. The first-order valence-electron chi connectivity index (χ1n) is 7.22. The number of rotatable bonds is 5. The zero-order valence-corrected chi connectivity index (χ0v) is 12.2. The predicted octanol–water partition coefficient (Wildman–Crippen LogP) is 2.79. The molecule has 1 fully saturated rings. The number of benzene rings is 1. The first-order valence-corrected chi connectivity index (χ1v) is 7.22. The normalized spacial score (nSPS) is 14.5. The van der Waals surface area contributed by atoms with E-state index in [-0.39, 0.29) is 12.4 Å². The summed E-state index contributed by atoms with van der Waals surface area (Å²) in [5.41, 5.74) is 1.73. The van der Waals surface area contributed by atoms with Gasteiger partial charge >= 0.3 is 0 Å². The smallest absolute Gasteiger partial charge is 0.124 e. The molecule has 2 rings (SSSR count). The highest BCUT2D eigenvalue weighted by Crippen LogP contribution is 2.29. The Morgan fingerprint density at radius 2 is 2.15 bits per heavy atom. The summed E-state index contributed by atoms with van der Waals surface area (Å²) in [6, 6.07) is 5.42. The summed E-state index contributed by atoms with van der Waals surface area (Å²) in [5.74, 6) is 5.80. The molecule has 1 saturated carbocycles. The largest absolute Gasteiger partial charge is 0.384 e. The molecule has 1 aliphatic rings. The Morgan fingerprint density at radius 3 is 2.75 bits per heavy atom. The van der Waals surface area contributed by atoms with Gasteiger partial charge in [0.15, 0.2) is 0 Å². The molecule has 0 unspecified atom stereocenters. The molecule has 0 bridgehead atoms. The Labute approximate surface area is 120 Å². The van der Waals surface area contributed by atoms with Crippen LogP contribution in [0.1, 0.15) is 37.8 Å². The summed E-state index contributed by atoms with van der Waals surface area (Å²) in [6.45, 7) is 6.08. The van der Waals surface area contributed by atoms with Crippen molar-refractivity contribution in [1.29, 1.82) is 0 Å². The second kappa shape index (κ2) is 6.88. The van der Waals surface area contributed by atoms with Crippen LogP contribution in [0.2, 0.25) is 0 Å². The second-order valence-electron chi connectivity index (χ2n) is 5.82. The number of hydrogen-bond donors (Lipinski definition) is 1. The van der Waals surface area contributed by atoms with Crippen molar-refractivity contribution in [2.45, 2.75) is 39.3 Å². The van der Waals surface area contributed by atoms with Crippen LogP contribution in [0.5, 0.6) is 0 Å². The van der Waals surface area contributed by atoms with Crippen molar-refractivity contribution in [2.75, 3.05) is 13.2 Å². The van der Waals surface area contributed by atoms with E-state index in [4.69, 9.17) is 5.11 Å². The molecule has 1 aliphatic carbocycles. The summed E-state index contributed by atoms with van der Waals surface area (Å²) in [5, 5.41) is 8.81. The van der Waals surface area contributed by atoms with Gasteiger partial charge in [0.25, 0.3) is 0 Å². The lowest BCUT2D eigenvalue weighted by Crippen LogP contribution is -2.29. The third kappa shape index (κ3) is 4.33. The molecule has 108 valence electrons. The maximum atomic E-state index is 13.3. The fraction of sp³-hybridized carbons (Fsp3) is 0.529. The SMILES string of the molecule is CC(C)CN(Cc1ccc(F)cc1C#CCO)C1CC1. The topological polar surface area (TPSA) is 23.5 Å². The molecule has 0 heterocycles. The number of nitrogens with zero attached hydrogens (tertiary/aromatic N) is 1. The highest BCUT2D eigenvalue weighted by molar-refractivity contribution is 5.41. The lowest BCUT2D eigenvalue weighted by molar-refractivity contribution is 0.226. The number of hydrogen-bond acceptors (Lipinski definition) is 2. The van der Waals surface area contributed by atoms with Crippen molar-refractivity contribution >= 4 is 0 Å². The highest BCUT2D eigenvalue weighted by atomic mass is 19.1. The van der Waals surface area contributed by atoms with Crippen LogP contribution in [-0.4, -0.2) is 29.2 Å². The third-order valence-electron chi connectivity index (χ3n) is 3.41. The molecule has 1 aromatic rings. The Hall–Kier alpha value is -1.37. The summed E-state index contributed by atoms with van der Waals surface area (Å²) < 4.78 is 13.3. The van der Waals surface area contributed by atoms with Gasteiger partial charge in [0.05, 0.1) is 0 Å². The fourth-order valence-corrected chi connectivity index (χ4v) is 2.41. The van der Waals surface area contributed by atoms with Crippen molar-refractivity contribution < 1.29 is 9.50 Å². The molecular formula is C17H22FNO. The summed E-state index contributed by atoms with van der Waals surface area (Å²) >= 11 is 0. The monoisotopic (exact) mass is 275 g/mol. The van der Waals surface area contributed by atoms with Gasteiger partial charge in [-0.05, 0) is 36.5 Å². The van der Waals surface area contributed by atoms with Crippen LogP contribution in [0.25, 0.3) is 0 Å². The standard InChI is InChI=1S/C17H22FNO/c1-13(2)11-19(17-7-8-17)12-15-5-6-16(18)10-14(15)4-3-9-20/h5-6,10,13,17,20H,7-9,11-12H2,1-2H3. The van der Waals surface area contributed by atoms with Crippen LogP contribution >= 0.6 is 0 Å². The minimum absolute atomic E-state index is 0.200. The van der Waals surface area contributed by atoms with Crippen molar-refractivity contribution in [3.63, 3.8) is 0 Å². The molecule has 0 spiro atoms. The average Bonchev–Trinajstić information content (AvgIpc) is 3.21. The van der Waals surface area contributed by atoms with Crippen molar-refractivity contribution in [3.05, 3.63) is 35.1 Å². The van der Waals surface area contributed by atoms with Crippen LogP contribution in [0.4, 0.5) is 4.39 Å². The molecule has 0 aliphatic heterocycles. The molecule has 1 N–H and O–H groups in total. The third-order valence-corrected chi connectivity index (χ3v) is 3.41. The average molecular weight is 275 g/mol. The molecule has 3 heteroatoms. The van der Waals surface area contributed by atoms with E-state index in [1.165, 1.54) is 25.0 Å². The number of aliphatic hydroxyl groups excluding tert-OH is 1. The molecule has 1 aromatic carbocycles. The van der Waals surface area contributed by atoms with Gasteiger partial charge < -0.3 is 5.11 Å². The summed E-state index contributed by atoms with van der Waals surface area (Å²) in [4.78, 5) is 2.46. The zero-order chi connectivity index (χ0) is 14.5. The van der Waals surface area contributed by atoms with Gasteiger partial charge in [0.2, 0.25) is 0 Å². The van der Waals surface area contributed by atoms with Crippen molar-refractivity contribution in [2.24, 2.45) is 5.92 Å². The molecule has 0 amide bonds. The summed E-state index contributed by atoms with van der Waals surface area (Å²) in [7, 11) is 0. The van der Waals surface area contributed by atoms with Gasteiger partial charge in [-0.2, -0.15) is 0 Å². The zero-order valence-electron chi connectivity index (χ0n) is 12.2. The lowest BCUT2D eigenvalue weighted by Gasteiger charge is -2.24. The number of halogens is 1. The van der Waals surface area contributed by atoms with Crippen LogP contribution < -0.4 is 0 Å². The highest BCUT2D eigenvalue weighted by Gasteiger charge is 2.29. The van der Waals surface area contributed by atoms with E-state index in [0.29, 0.717) is 17.5 Å². The Balaban J connectivity index is 2.17. The van der Waals surface area contributed by atoms with E-state index < -0.39 is 0 Å². The van der Waals surface area contributed by atoms with Crippen LogP contribution in [0.15, 0.2) is 18.2 Å².